The third-order valence-corrected chi connectivity index (χ3v) is 7.86. The van der Waals surface area contributed by atoms with Crippen molar-refractivity contribution in [1.29, 1.82) is 0 Å². The van der Waals surface area contributed by atoms with E-state index in [1.165, 1.54) is 20.3 Å². The Morgan fingerprint density at radius 1 is 1.06 bits per heavy atom. The molecule has 0 atom stereocenters. The van der Waals surface area contributed by atoms with E-state index in [-0.39, 0.29) is 29.9 Å². The topological polar surface area (TPSA) is 69.7 Å². The average Bonchev–Trinajstić information content (AvgIpc) is 2.71. The fourth-order valence-electron chi connectivity index (χ4n) is 0.892. The van der Waals surface area contributed by atoms with Gasteiger partial charge in [-0.15, -0.1) is 0 Å². The van der Waals surface area contributed by atoms with Crippen molar-refractivity contribution in [3.8, 4) is 0 Å². The van der Waals surface area contributed by atoms with Crippen molar-refractivity contribution in [2.45, 2.75) is 0 Å². The number of aldehydes is 1. The number of hydrogen-bond acceptors (Lipinski definition) is 5. The van der Waals surface area contributed by atoms with Crippen LogP contribution in [0.5, 0.6) is 0 Å². The van der Waals surface area contributed by atoms with Gasteiger partial charge in [-0.25, -0.2) is 0 Å². The fourth-order valence-corrected chi connectivity index (χ4v) is 6.96. The molecule has 7 heteroatoms. The van der Waals surface area contributed by atoms with Crippen molar-refractivity contribution in [3.05, 3.63) is 18.4 Å². The van der Waals surface area contributed by atoms with E-state index in [4.69, 9.17) is 0 Å². The molecule has 1 aliphatic heterocycles. The van der Waals surface area contributed by atoms with Gasteiger partial charge in [-0.1, -0.05) is 0 Å². The Balaban J connectivity index is 3.03. The maximum absolute atomic E-state index is 11.4. The van der Waals surface area contributed by atoms with E-state index < -0.39 is 11.9 Å². The first-order chi connectivity index (χ1) is 7.63. The molecule has 1 rings (SSSR count). The summed E-state index contributed by atoms with van der Waals surface area (Å²) in [6.45, 7) is 0. The maximum atomic E-state index is 11.4. The normalized spacial score (nSPS) is 14.8. The number of rotatable bonds is 3. The molecular formula is C9H8O5Se2. The summed E-state index contributed by atoms with van der Waals surface area (Å²) in [5.41, 5.74) is 0. The Morgan fingerprint density at radius 2 is 1.50 bits per heavy atom. The predicted octanol–water partition coefficient (Wildman–Crippen LogP) is -0.994. The van der Waals surface area contributed by atoms with Gasteiger partial charge in [0.1, 0.15) is 0 Å². The minimum absolute atomic E-state index is 0.308. The SMILES string of the molecule is COC(=O)C1=C(C(=O)OC)[Se]C(=CC=O)[Se]1. The standard InChI is InChI=1S/C9H8O5Se2/c1-13-8(11)6-7(9(12)14-2)16-5(15-6)3-4-10/h3-4H,1-2H3. The first-order valence-electron chi connectivity index (χ1n) is 4.06. The average molecular weight is 354 g/mol. The molecule has 0 aromatic carbocycles. The van der Waals surface area contributed by atoms with Gasteiger partial charge in [-0.2, -0.15) is 0 Å². The Hall–Kier alpha value is -0.871. The van der Waals surface area contributed by atoms with Gasteiger partial charge in [0.25, 0.3) is 0 Å². The Labute approximate surface area is 105 Å². The minimum atomic E-state index is -0.517. The first-order valence-corrected chi connectivity index (χ1v) is 7.48. The fraction of sp³-hybridized carbons (Fsp3) is 0.222. The van der Waals surface area contributed by atoms with Crippen LogP contribution in [0.3, 0.4) is 0 Å². The molecule has 0 aliphatic carbocycles. The van der Waals surface area contributed by atoms with E-state index in [1.807, 2.05) is 0 Å². The third kappa shape index (κ3) is 2.83. The van der Waals surface area contributed by atoms with Crippen molar-refractivity contribution in [3.63, 3.8) is 0 Å². The summed E-state index contributed by atoms with van der Waals surface area (Å²) in [4.78, 5) is 33.2. The molecule has 0 unspecified atom stereocenters. The van der Waals surface area contributed by atoms with E-state index in [9.17, 15) is 14.4 Å². The molecular weight excluding hydrogens is 346 g/mol. The molecule has 16 heavy (non-hydrogen) atoms. The zero-order chi connectivity index (χ0) is 12.1. The number of ether oxygens (including phenoxy) is 2. The van der Waals surface area contributed by atoms with Gasteiger partial charge < -0.3 is 0 Å². The molecule has 0 N–H and O–H groups in total. The van der Waals surface area contributed by atoms with Crippen LogP contribution in [0.4, 0.5) is 0 Å². The van der Waals surface area contributed by atoms with Crippen LogP contribution in [-0.2, 0) is 23.9 Å². The number of carbonyl (C=O) groups excluding carboxylic acids is 3. The van der Waals surface area contributed by atoms with Gasteiger partial charge in [0.05, 0.1) is 0 Å². The van der Waals surface area contributed by atoms with Crippen LogP contribution >= 0.6 is 0 Å². The number of allylic oxidation sites excluding steroid dienone is 1. The molecule has 0 aromatic rings. The van der Waals surface area contributed by atoms with Crippen LogP contribution in [0, 0.1) is 0 Å². The number of esters is 2. The Morgan fingerprint density at radius 3 is 1.81 bits per heavy atom. The number of hydrogen-bond donors (Lipinski definition) is 0. The van der Waals surface area contributed by atoms with Crippen LogP contribution in [0.1, 0.15) is 0 Å². The zero-order valence-electron chi connectivity index (χ0n) is 8.51. The van der Waals surface area contributed by atoms with E-state index in [2.05, 4.69) is 9.47 Å². The molecule has 0 spiro atoms. The second kappa shape index (κ2) is 6.01. The second-order valence-corrected chi connectivity index (χ2v) is 8.19. The summed E-state index contributed by atoms with van der Waals surface area (Å²) in [5, 5.41) is 0. The summed E-state index contributed by atoms with van der Waals surface area (Å²) >= 11 is -0.616. The van der Waals surface area contributed by atoms with Crippen LogP contribution in [-0.4, -0.2) is 62.4 Å². The van der Waals surface area contributed by atoms with Gasteiger partial charge in [0.15, 0.2) is 0 Å². The van der Waals surface area contributed by atoms with Crippen LogP contribution in [0.15, 0.2) is 18.4 Å². The van der Waals surface area contributed by atoms with Crippen LogP contribution in [0.2, 0.25) is 0 Å². The van der Waals surface area contributed by atoms with Gasteiger partial charge in [-0.05, 0) is 0 Å². The van der Waals surface area contributed by atoms with Crippen molar-refractivity contribution < 1.29 is 23.9 Å². The summed E-state index contributed by atoms with van der Waals surface area (Å²) < 4.78 is 10.7. The number of carbonyl (C=O) groups is 3. The molecule has 0 bridgehead atoms. The van der Waals surface area contributed by atoms with Crippen LogP contribution < -0.4 is 0 Å². The summed E-state index contributed by atoms with van der Waals surface area (Å²) in [7, 11) is 2.52. The van der Waals surface area contributed by atoms with Gasteiger partial charge in [0.2, 0.25) is 0 Å². The second-order valence-electron chi connectivity index (χ2n) is 2.47. The number of methoxy groups -OCH3 is 2. The Kier molecular flexibility index (Phi) is 4.96. The van der Waals surface area contributed by atoms with E-state index in [1.54, 1.807) is 0 Å². The van der Waals surface area contributed by atoms with Crippen molar-refractivity contribution >= 4 is 48.1 Å². The molecule has 86 valence electrons. The molecule has 1 heterocycles. The zero-order valence-corrected chi connectivity index (χ0v) is 11.9. The third-order valence-electron chi connectivity index (χ3n) is 1.56. The van der Waals surface area contributed by atoms with Crippen LogP contribution in [0.25, 0.3) is 0 Å². The first kappa shape index (κ1) is 13.2. The molecule has 0 saturated heterocycles. The molecule has 0 fully saturated rings. The molecule has 0 saturated carbocycles. The van der Waals surface area contributed by atoms with Crippen molar-refractivity contribution in [2.75, 3.05) is 14.2 Å². The van der Waals surface area contributed by atoms with Gasteiger partial charge in [0, 0.05) is 0 Å². The summed E-state index contributed by atoms with van der Waals surface area (Å²) in [6.07, 6.45) is 2.06. The van der Waals surface area contributed by atoms with Gasteiger partial charge >= 0.3 is 105 Å². The van der Waals surface area contributed by atoms with Crippen molar-refractivity contribution in [1.82, 2.24) is 0 Å². The van der Waals surface area contributed by atoms with Gasteiger partial charge in [-0.3, -0.25) is 0 Å². The van der Waals surface area contributed by atoms with E-state index in [0.29, 0.717) is 15.2 Å². The summed E-state index contributed by atoms with van der Waals surface area (Å²) in [6, 6.07) is 0. The molecule has 0 radical (unpaired) electrons. The van der Waals surface area contributed by atoms with E-state index in [0.717, 1.165) is 3.37 Å². The molecule has 1 aliphatic rings. The quantitative estimate of drug-likeness (QED) is 0.282. The predicted molar refractivity (Wildman–Crippen MR) is 56.7 cm³/mol. The molecule has 5 nitrogen and oxygen atoms in total. The molecule has 0 aromatic heterocycles. The molecule has 0 amide bonds. The summed E-state index contributed by atoms with van der Waals surface area (Å²) in [5.74, 6) is -1.03. The van der Waals surface area contributed by atoms with E-state index >= 15 is 0 Å². The Bertz CT molecular complexity index is 367. The monoisotopic (exact) mass is 356 g/mol. The van der Waals surface area contributed by atoms with Crippen molar-refractivity contribution in [2.24, 2.45) is 0 Å².